The Hall–Kier alpha value is -1.21. The van der Waals surface area contributed by atoms with Gasteiger partial charge < -0.3 is 0 Å². The summed E-state index contributed by atoms with van der Waals surface area (Å²) in [6, 6.07) is 17.9. The molecule has 2 aromatic rings. The van der Waals surface area contributed by atoms with Crippen LogP contribution < -0.4 is 0 Å². The maximum Gasteiger partial charge on any atom is 0.0271 e. The highest BCUT2D eigenvalue weighted by Gasteiger charge is 2.45. The van der Waals surface area contributed by atoms with Gasteiger partial charge in [-0.15, -0.1) is 0 Å². The molecule has 0 bridgehead atoms. The van der Waals surface area contributed by atoms with Crippen LogP contribution in [0.5, 0.6) is 0 Å². The Balaban J connectivity index is 2.37. The van der Waals surface area contributed by atoms with Crippen LogP contribution in [0, 0.1) is 11.8 Å². The summed E-state index contributed by atoms with van der Waals surface area (Å²) >= 11 is 1.92. The second kappa shape index (κ2) is 4.96. The van der Waals surface area contributed by atoms with Crippen molar-refractivity contribution in [1.82, 2.24) is 0 Å². The molecular weight excluding hydrogens is 260 g/mol. The van der Waals surface area contributed by atoms with Gasteiger partial charge in [-0.1, -0.05) is 75.9 Å². The molecular formula is C19H22S. The van der Waals surface area contributed by atoms with E-state index in [0.717, 1.165) is 0 Å². The fourth-order valence-corrected chi connectivity index (χ4v) is 5.19. The summed E-state index contributed by atoms with van der Waals surface area (Å²) < 4.78 is 0. The Morgan fingerprint density at radius 3 is 1.50 bits per heavy atom. The molecule has 0 unspecified atom stereocenters. The van der Waals surface area contributed by atoms with Crippen LogP contribution in [0.15, 0.2) is 58.3 Å². The lowest BCUT2D eigenvalue weighted by Gasteiger charge is -2.47. The predicted octanol–water partition coefficient (Wildman–Crippen LogP) is 5.75. The summed E-state index contributed by atoms with van der Waals surface area (Å²) in [6.45, 7) is 9.46. The van der Waals surface area contributed by atoms with Gasteiger partial charge in [0.25, 0.3) is 0 Å². The van der Waals surface area contributed by atoms with Crippen LogP contribution >= 0.6 is 11.8 Å². The number of rotatable bonds is 2. The van der Waals surface area contributed by atoms with Crippen LogP contribution in [0.25, 0.3) is 0 Å². The van der Waals surface area contributed by atoms with Crippen molar-refractivity contribution in [3.8, 4) is 0 Å². The molecule has 0 amide bonds. The molecule has 0 spiro atoms. The highest BCUT2D eigenvalue weighted by atomic mass is 32.2. The van der Waals surface area contributed by atoms with Crippen molar-refractivity contribution in [3.63, 3.8) is 0 Å². The molecule has 2 aromatic carbocycles. The van der Waals surface area contributed by atoms with E-state index in [0.29, 0.717) is 11.8 Å². The monoisotopic (exact) mass is 282 g/mol. The minimum absolute atomic E-state index is 0.123. The lowest BCUT2D eigenvalue weighted by Crippen LogP contribution is -2.41. The summed E-state index contributed by atoms with van der Waals surface area (Å²) in [4.78, 5) is 2.85. The minimum atomic E-state index is 0.123. The van der Waals surface area contributed by atoms with E-state index in [4.69, 9.17) is 0 Å². The molecule has 0 atom stereocenters. The Bertz CT molecular complexity index is 570. The molecule has 0 fully saturated rings. The Morgan fingerprint density at radius 2 is 1.10 bits per heavy atom. The molecule has 20 heavy (non-hydrogen) atoms. The van der Waals surface area contributed by atoms with E-state index in [1.807, 2.05) is 11.8 Å². The largest absolute Gasteiger partial charge is 0.0895 e. The van der Waals surface area contributed by atoms with Crippen molar-refractivity contribution < 1.29 is 0 Å². The zero-order chi connectivity index (χ0) is 14.3. The van der Waals surface area contributed by atoms with Gasteiger partial charge in [-0.3, -0.25) is 0 Å². The first kappa shape index (κ1) is 13.8. The molecule has 0 saturated heterocycles. The van der Waals surface area contributed by atoms with Crippen molar-refractivity contribution in [2.24, 2.45) is 11.8 Å². The van der Waals surface area contributed by atoms with Crippen LogP contribution in [0.4, 0.5) is 0 Å². The van der Waals surface area contributed by atoms with Gasteiger partial charge in [-0.25, -0.2) is 0 Å². The summed E-state index contributed by atoms with van der Waals surface area (Å²) in [5, 5.41) is 0. The molecule has 3 rings (SSSR count). The molecule has 1 aliphatic heterocycles. The van der Waals surface area contributed by atoms with E-state index in [-0.39, 0.29) is 5.41 Å². The Morgan fingerprint density at radius 1 is 0.700 bits per heavy atom. The molecule has 0 nitrogen and oxygen atoms in total. The second-order valence-corrected chi connectivity index (χ2v) is 7.36. The first-order valence-electron chi connectivity index (χ1n) is 7.45. The van der Waals surface area contributed by atoms with Gasteiger partial charge in [-0.2, -0.15) is 0 Å². The van der Waals surface area contributed by atoms with Crippen LogP contribution in [0.3, 0.4) is 0 Å². The molecule has 0 radical (unpaired) electrons. The minimum Gasteiger partial charge on any atom is -0.0895 e. The van der Waals surface area contributed by atoms with Gasteiger partial charge in [0.1, 0.15) is 0 Å². The summed E-state index contributed by atoms with van der Waals surface area (Å²) in [5.74, 6) is 1.15. The van der Waals surface area contributed by atoms with E-state index < -0.39 is 0 Å². The summed E-state index contributed by atoms with van der Waals surface area (Å²) in [5.41, 5.74) is 3.14. The van der Waals surface area contributed by atoms with Crippen molar-refractivity contribution >= 4 is 11.8 Å². The third kappa shape index (κ3) is 1.76. The SMILES string of the molecule is CC(C)C1(C(C)C)c2ccccc2Sc2ccccc21. The average molecular weight is 282 g/mol. The predicted molar refractivity (Wildman–Crippen MR) is 87.5 cm³/mol. The van der Waals surface area contributed by atoms with Crippen LogP contribution in [-0.2, 0) is 5.41 Å². The molecule has 0 saturated carbocycles. The highest BCUT2D eigenvalue weighted by Crippen LogP contribution is 2.55. The third-order valence-electron chi connectivity index (χ3n) is 4.71. The highest BCUT2D eigenvalue weighted by molar-refractivity contribution is 7.99. The Labute approximate surface area is 126 Å². The number of hydrogen-bond donors (Lipinski definition) is 0. The van der Waals surface area contributed by atoms with Gasteiger partial charge >= 0.3 is 0 Å². The molecule has 0 aromatic heterocycles. The van der Waals surface area contributed by atoms with Crippen LogP contribution in [-0.4, -0.2) is 0 Å². The lowest BCUT2D eigenvalue weighted by molar-refractivity contribution is 0.263. The molecule has 1 aliphatic rings. The average Bonchev–Trinajstić information content (AvgIpc) is 2.43. The lowest BCUT2D eigenvalue weighted by atomic mass is 9.60. The van der Waals surface area contributed by atoms with Gasteiger partial charge in [0.05, 0.1) is 0 Å². The normalized spacial score (nSPS) is 16.1. The Kier molecular flexibility index (Phi) is 3.41. The molecule has 0 aliphatic carbocycles. The van der Waals surface area contributed by atoms with Crippen molar-refractivity contribution in [3.05, 3.63) is 59.7 Å². The second-order valence-electron chi connectivity index (χ2n) is 6.27. The number of fused-ring (bicyclic) bond motifs is 2. The maximum atomic E-state index is 2.36. The van der Waals surface area contributed by atoms with Gasteiger partial charge in [0.15, 0.2) is 0 Å². The fraction of sp³-hybridized carbons (Fsp3) is 0.368. The van der Waals surface area contributed by atoms with E-state index in [1.54, 1.807) is 0 Å². The summed E-state index contributed by atoms with van der Waals surface area (Å²) in [6.07, 6.45) is 0. The molecule has 0 N–H and O–H groups in total. The quantitative estimate of drug-likeness (QED) is 0.676. The van der Waals surface area contributed by atoms with Gasteiger partial charge in [-0.05, 0) is 35.1 Å². The standard InChI is InChI=1S/C19H22S/c1-13(2)19(14(3)4)15-9-5-7-11-17(15)20-18-12-8-6-10-16(18)19/h5-14H,1-4H3. The smallest absolute Gasteiger partial charge is 0.0271 e. The van der Waals surface area contributed by atoms with Crippen molar-refractivity contribution in [1.29, 1.82) is 0 Å². The first-order chi connectivity index (χ1) is 9.58. The van der Waals surface area contributed by atoms with E-state index in [9.17, 15) is 0 Å². The van der Waals surface area contributed by atoms with Crippen molar-refractivity contribution in [2.45, 2.75) is 42.9 Å². The third-order valence-corrected chi connectivity index (χ3v) is 5.86. The van der Waals surface area contributed by atoms with Crippen molar-refractivity contribution in [2.75, 3.05) is 0 Å². The number of hydrogen-bond acceptors (Lipinski definition) is 1. The maximum absolute atomic E-state index is 2.36. The summed E-state index contributed by atoms with van der Waals surface area (Å²) in [7, 11) is 0. The zero-order valence-electron chi connectivity index (χ0n) is 12.7. The molecule has 104 valence electrons. The topological polar surface area (TPSA) is 0 Å². The van der Waals surface area contributed by atoms with E-state index >= 15 is 0 Å². The van der Waals surface area contributed by atoms with Gasteiger partial charge in [0.2, 0.25) is 0 Å². The van der Waals surface area contributed by atoms with Crippen LogP contribution in [0.1, 0.15) is 38.8 Å². The van der Waals surface area contributed by atoms with E-state index in [2.05, 4.69) is 76.2 Å². The molecule has 1 heterocycles. The zero-order valence-corrected chi connectivity index (χ0v) is 13.5. The van der Waals surface area contributed by atoms with E-state index in [1.165, 1.54) is 20.9 Å². The van der Waals surface area contributed by atoms with Crippen LogP contribution in [0.2, 0.25) is 0 Å². The first-order valence-corrected chi connectivity index (χ1v) is 8.27. The molecule has 1 heteroatoms. The van der Waals surface area contributed by atoms with Gasteiger partial charge in [0, 0.05) is 15.2 Å². The fourth-order valence-electron chi connectivity index (χ4n) is 3.97. The number of benzene rings is 2.